The summed E-state index contributed by atoms with van der Waals surface area (Å²) < 4.78 is 16.3. The summed E-state index contributed by atoms with van der Waals surface area (Å²) >= 11 is 0. The summed E-state index contributed by atoms with van der Waals surface area (Å²) in [4.78, 5) is 0. The van der Waals surface area contributed by atoms with Gasteiger partial charge in [0.1, 0.15) is 5.75 Å². The number of fused-ring (bicyclic) bond motifs is 3. The zero-order valence-corrected chi connectivity index (χ0v) is 12.5. The van der Waals surface area contributed by atoms with E-state index in [1.807, 2.05) is 12.1 Å². The van der Waals surface area contributed by atoms with Gasteiger partial charge in [-0.1, -0.05) is 12.1 Å². The van der Waals surface area contributed by atoms with Crippen molar-refractivity contribution in [2.24, 2.45) is 5.73 Å². The molecule has 0 aliphatic heterocycles. The first-order valence-electron chi connectivity index (χ1n) is 6.88. The predicted octanol–water partition coefficient (Wildman–Crippen LogP) is 2.78. The quantitative estimate of drug-likeness (QED) is 0.938. The van der Waals surface area contributed by atoms with Crippen molar-refractivity contribution in [2.45, 2.75) is 5.92 Å². The van der Waals surface area contributed by atoms with Crippen LogP contribution in [0.15, 0.2) is 30.3 Å². The number of methoxy groups -OCH3 is 3. The van der Waals surface area contributed by atoms with Gasteiger partial charge in [-0.25, -0.2) is 0 Å². The lowest BCUT2D eigenvalue weighted by Crippen LogP contribution is -2.11. The second-order valence-electron chi connectivity index (χ2n) is 5.01. The van der Waals surface area contributed by atoms with E-state index in [9.17, 15) is 0 Å². The molecular weight excluding hydrogens is 266 g/mol. The van der Waals surface area contributed by atoms with E-state index in [1.165, 1.54) is 11.1 Å². The second-order valence-corrected chi connectivity index (χ2v) is 5.01. The molecular formula is C17H19NO3. The summed E-state index contributed by atoms with van der Waals surface area (Å²) in [6.07, 6.45) is 0. The Kier molecular flexibility index (Phi) is 3.47. The highest BCUT2D eigenvalue weighted by Gasteiger charge is 2.32. The lowest BCUT2D eigenvalue weighted by atomic mass is 9.97. The van der Waals surface area contributed by atoms with E-state index in [2.05, 4.69) is 18.2 Å². The third-order valence-electron chi connectivity index (χ3n) is 4.09. The lowest BCUT2D eigenvalue weighted by Gasteiger charge is -2.14. The average Bonchev–Trinajstić information content (AvgIpc) is 2.86. The first-order chi connectivity index (χ1) is 10.2. The van der Waals surface area contributed by atoms with Gasteiger partial charge < -0.3 is 19.9 Å². The monoisotopic (exact) mass is 285 g/mol. The normalized spacial score (nSPS) is 15.3. The predicted molar refractivity (Wildman–Crippen MR) is 82.4 cm³/mol. The average molecular weight is 285 g/mol. The Morgan fingerprint density at radius 3 is 2.38 bits per heavy atom. The second kappa shape index (κ2) is 5.30. The van der Waals surface area contributed by atoms with Crippen LogP contribution < -0.4 is 19.9 Å². The highest BCUT2D eigenvalue weighted by molar-refractivity contribution is 5.86. The highest BCUT2D eigenvalue weighted by atomic mass is 16.5. The van der Waals surface area contributed by atoms with Gasteiger partial charge >= 0.3 is 0 Å². The van der Waals surface area contributed by atoms with Crippen LogP contribution in [0.3, 0.4) is 0 Å². The largest absolute Gasteiger partial charge is 0.497 e. The van der Waals surface area contributed by atoms with Crippen LogP contribution in [0.25, 0.3) is 11.1 Å². The fraction of sp³-hybridized carbons (Fsp3) is 0.294. The van der Waals surface area contributed by atoms with Crippen molar-refractivity contribution in [1.82, 2.24) is 0 Å². The van der Waals surface area contributed by atoms with E-state index in [0.717, 1.165) is 28.4 Å². The van der Waals surface area contributed by atoms with Crippen LogP contribution in [-0.2, 0) is 0 Å². The van der Waals surface area contributed by atoms with Crippen molar-refractivity contribution in [3.63, 3.8) is 0 Å². The molecule has 1 atom stereocenters. The van der Waals surface area contributed by atoms with Gasteiger partial charge in [0.15, 0.2) is 11.5 Å². The molecule has 0 heterocycles. The van der Waals surface area contributed by atoms with Crippen molar-refractivity contribution in [1.29, 1.82) is 0 Å². The number of ether oxygens (including phenoxy) is 3. The van der Waals surface area contributed by atoms with E-state index < -0.39 is 0 Å². The molecule has 2 N–H and O–H groups in total. The molecule has 110 valence electrons. The zero-order valence-electron chi connectivity index (χ0n) is 12.5. The van der Waals surface area contributed by atoms with Crippen LogP contribution in [0.4, 0.5) is 0 Å². The van der Waals surface area contributed by atoms with Crippen molar-refractivity contribution >= 4 is 0 Å². The maximum Gasteiger partial charge on any atom is 0.168 e. The molecule has 0 aromatic heterocycles. The van der Waals surface area contributed by atoms with Crippen LogP contribution in [0, 0.1) is 0 Å². The molecule has 2 aromatic rings. The summed E-state index contributed by atoms with van der Waals surface area (Å²) in [5.74, 6) is 2.49. The standard InChI is InChI=1S/C17H19NO3/c1-19-10-4-5-11-13(8-10)14(9-18)12-6-7-15(20-2)17(21-3)16(11)12/h4-8,14H,9,18H2,1-3H3/t14-/m0/s1. The molecule has 0 fully saturated rings. The smallest absolute Gasteiger partial charge is 0.168 e. The minimum atomic E-state index is 0.157. The summed E-state index contributed by atoms with van der Waals surface area (Å²) in [5.41, 5.74) is 10.6. The van der Waals surface area contributed by atoms with Gasteiger partial charge in [0, 0.05) is 18.0 Å². The Morgan fingerprint density at radius 1 is 0.952 bits per heavy atom. The van der Waals surface area contributed by atoms with Crippen LogP contribution in [0.5, 0.6) is 17.2 Å². The van der Waals surface area contributed by atoms with Gasteiger partial charge in [-0.2, -0.15) is 0 Å². The van der Waals surface area contributed by atoms with Crippen molar-refractivity contribution < 1.29 is 14.2 Å². The van der Waals surface area contributed by atoms with Crippen LogP contribution in [0.2, 0.25) is 0 Å². The molecule has 0 bridgehead atoms. The number of rotatable bonds is 4. The van der Waals surface area contributed by atoms with Gasteiger partial charge in [0.25, 0.3) is 0 Å². The fourth-order valence-corrected chi connectivity index (χ4v) is 3.12. The Balaban J connectivity index is 2.29. The molecule has 4 heteroatoms. The van der Waals surface area contributed by atoms with Crippen molar-refractivity contribution in [2.75, 3.05) is 27.9 Å². The van der Waals surface area contributed by atoms with Gasteiger partial charge in [-0.3, -0.25) is 0 Å². The van der Waals surface area contributed by atoms with Crippen molar-refractivity contribution in [3.8, 4) is 28.4 Å². The van der Waals surface area contributed by atoms with E-state index in [-0.39, 0.29) is 5.92 Å². The number of nitrogens with two attached hydrogens (primary N) is 1. The summed E-state index contributed by atoms with van der Waals surface area (Å²) in [6.45, 7) is 0.544. The van der Waals surface area contributed by atoms with E-state index in [4.69, 9.17) is 19.9 Å². The molecule has 4 nitrogen and oxygen atoms in total. The topological polar surface area (TPSA) is 53.7 Å². The molecule has 1 aliphatic carbocycles. The number of hydrogen-bond donors (Lipinski definition) is 1. The fourth-order valence-electron chi connectivity index (χ4n) is 3.12. The van der Waals surface area contributed by atoms with Crippen LogP contribution in [-0.4, -0.2) is 27.9 Å². The minimum absolute atomic E-state index is 0.157. The molecule has 3 rings (SSSR count). The van der Waals surface area contributed by atoms with Crippen molar-refractivity contribution in [3.05, 3.63) is 41.5 Å². The molecule has 0 spiro atoms. The third kappa shape index (κ3) is 1.94. The van der Waals surface area contributed by atoms with Crippen LogP contribution in [0.1, 0.15) is 17.0 Å². The number of hydrogen-bond acceptors (Lipinski definition) is 4. The molecule has 21 heavy (non-hydrogen) atoms. The SMILES string of the molecule is COc1ccc2c(c1)[C@@H](CN)c1ccc(OC)c(OC)c1-2. The Morgan fingerprint density at radius 2 is 1.76 bits per heavy atom. The summed E-state index contributed by atoms with van der Waals surface area (Å²) in [6, 6.07) is 10.1. The van der Waals surface area contributed by atoms with E-state index in [0.29, 0.717) is 6.54 Å². The Bertz CT molecular complexity index is 682. The van der Waals surface area contributed by atoms with E-state index in [1.54, 1.807) is 21.3 Å². The van der Waals surface area contributed by atoms with Gasteiger partial charge in [-0.05, 0) is 34.9 Å². The molecule has 0 amide bonds. The lowest BCUT2D eigenvalue weighted by molar-refractivity contribution is 0.356. The van der Waals surface area contributed by atoms with Gasteiger partial charge in [-0.15, -0.1) is 0 Å². The van der Waals surface area contributed by atoms with E-state index >= 15 is 0 Å². The summed E-state index contributed by atoms with van der Waals surface area (Å²) in [5, 5.41) is 0. The zero-order chi connectivity index (χ0) is 15.0. The number of benzene rings is 2. The van der Waals surface area contributed by atoms with Gasteiger partial charge in [0.05, 0.1) is 21.3 Å². The first kappa shape index (κ1) is 13.8. The molecule has 0 saturated carbocycles. The highest BCUT2D eigenvalue weighted by Crippen LogP contribution is 2.52. The summed E-state index contributed by atoms with van der Waals surface area (Å²) in [7, 11) is 4.98. The van der Waals surface area contributed by atoms with Gasteiger partial charge in [0.2, 0.25) is 0 Å². The minimum Gasteiger partial charge on any atom is -0.497 e. The molecule has 0 unspecified atom stereocenters. The Hall–Kier alpha value is -2.20. The molecule has 1 aliphatic rings. The molecule has 0 radical (unpaired) electrons. The molecule has 2 aromatic carbocycles. The third-order valence-corrected chi connectivity index (χ3v) is 4.09. The maximum atomic E-state index is 6.00. The Labute approximate surface area is 124 Å². The van der Waals surface area contributed by atoms with Crippen LogP contribution >= 0.6 is 0 Å². The molecule has 0 saturated heterocycles. The maximum absolute atomic E-state index is 6.00. The first-order valence-corrected chi connectivity index (χ1v) is 6.88.